The molecule has 1 saturated heterocycles. The standard InChI is InChI=1S/C30H36FN5/c1-3-30(36-18-16-34(17-19-36)14-15-35-13-12-32-22-35)33-21-24-20-28(27-10-6-7-11-29(27)31)26-9-5-4-8-25(26)23(24)2/h3-6,8-10,12-13,21-22,28H,7,11,14-20H2,1-2H3/b30-3-,33-21-. The van der Waals surface area contributed by atoms with E-state index >= 15 is 0 Å². The summed E-state index contributed by atoms with van der Waals surface area (Å²) in [5, 5.41) is 0. The van der Waals surface area contributed by atoms with Crippen LogP contribution in [0.3, 0.4) is 0 Å². The van der Waals surface area contributed by atoms with Crippen molar-refractivity contribution in [2.45, 2.75) is 45.6 Å². The lowest BCUT2D eigenvalue weighted by Gasteiger charge is -2.36. The lowest BCUT2D eigenvalue weighted by molar-refractivity contribution is 0.154. The Kier molecular flexibility index (Phi) is 7.61. The number of rotatable bonds is 7. The molecular formula is C30H36FN5. The van der Waals surface area contributed by atoms with E-state index in [4.69, 9.17) is 4.99 Å². The summed E-state index contributed by atoms with van der Waals surface area (Å²) in [4.78, 5) is 14.0. The highest BCUT2D eigenvalue weighted by Crippen LogP contribution is 2.44. The van der Waals surface area contributed by atoms with E-state index in [1.54, 1.807) is 0 Å². The Balaban J connectivity index is 1.28. The molecule has 1 aromatic heterocycles. The van der Waals surface area contributed by atoms with Gasteiger partial charge in [-0.2, -0.15) is 0 Å². The van der Waals surface area contributed by atoms with Gasteiger partial charge in [0.2, 0.25) is 0 Å². The largest absolute Gasteiger partial charge is 0.354 e. The van der Waals surface area contributed by atoms with Crippen molar-refractivity contribution in [3.63, 3.8) is 0 Å². The molecule has 6 heteroatoms. The Morgan fingerprint density at radius 3 is 2.75 bits per heavy atom. The Bertz CT molecular complexity index is 1210. The van der Waals surface area contributed by atoms with Gasteiger partial charge >= 0.3 is 0 Å². The van der Waals surface area contributed by atoms with Crippen molar-refractivity contribution in [2.75, 3.05) is 32.7 Å². The average molecular weight is 486 g/mol. The van der Waals surface area contributed by atoms with E-state index in [1.807, 2.05) is 31.0 Å². The summed E-state index contributed by atoms with van der Waals surface area (Å²) in [7, 11) is 0. The van der Waals surface area contributed by atoms with Gasteiger partial charge in [-0.3, -0.25) is 4.90 Å². The average Bonchev–Trinajstić information content (AvgIpc) is 3.44. The molecule has 1 fully saturated rings. The Hall–Kier alpha value is -3.25. The summed E-state index contributed by atoms with van der Waals surface area (Å²) in [6.45, 7) is 10.2. The smallest absolute Gasteiger partial charge is 0.124 e. The summed E-state index contributed by atoms with van der Waals surface area (Å²) >= 11 is 0. The van der Waals surface area contributed by atoms with Crippen LogP contribution >= 0.6 is 0 Å². The van der Waals surface area contributed by atoms with Crippen LogP contribution in [0.5, 0.6) is 0 Å². The topological polar surface area (TPSA) is 36.7 Å². The number of piperazine rings is 1. The van der Waals surface area contributed by atoms with Crippen molar-refractivity contribution in [1.29, 1.82) is 0 Å². The van der Waals surface area contributed by atoms with Crippen molar-refractivity contribution in [3.05, 3.63) is 95.1 Å². The van der Waals surface area contributed by atoms with Crippen LogP contribution in [0.1, 0.15) is 50.2 Å². The summed E-state index contributed by atoms with van der Waals surface area (Å²) in [6.07, 6.45) is 16.0. The van der Waals surface area contributed by atoms with Crippen molar-refractivity contribution < 1.29 is 4.39 Å². The van der Waals surface area contributed by atoms with Gasteiger partial charge in [-0.05, 0) is 60.6 Å². The van der Waals surface area contributed by atoms with Crippen LogP contribution in [0.25, 0.3) is 5.57 Å². The van der Waals surface area contributed by atoms with Gasteiger partial charge in [-0.25, -0.2) is 14.4 Å². The first-order valence-electron chi connectivity index (χ1n) is 13.1. The van der Waals surface area contributed by atoms with Crippen LogP contribution < -0.4 is 0 Å². The molecule has 2 aliphatic carbocycles. The maximum atomic E-state index is 14.9. The second-order valence-electron chi connectivity index (χ2n) is 9.83. The number of hydrogen-bond donors (Lipinski definition) is 0. The fourth-order valence-electron chi connectivity index (χ4n) is 5.54. The van der Waals surface area contributed by atoms with Gasteiger partial charge in [0, 0.05) is 70.2 Å². The van der Waals surface area contributed by atoms with Crippen LogP contribution in [0.2, 0.25) is 0 Å². The summed E-state index contributed by atoms with van der Waals surface area (Å²) in [6, 6.07) is 8.46. The molecule has 1 aliphatic heterocycles. The number of fused-ring (bicyclic) bond motifs is 1. The molecule has 0 bridgehead atoms. The SMILES string of the molecule is C/C=C(/N=C\C1=C(C)c2ccccc2C(C2=C(F)CCC=C2)C1)N1CCN(CCn2ccnc2)CC1. The fraction of sp³-hybridized carbons (Fsp3) is 0.400. The minimum atomic E-state index is 0.0354. The molecule has 3 aliphatic rings. The molecule has 2 heterocycles. The number of hydrogen-bond acceptors (Lipinski definition) is 4. The highest BCUT2D eigenvalue weighted by molar-refractivity contribution is 5.93. The third-order valence-corrected chi connectivity index (χ3v) is 7.70. The maximum Gasteiger partial charge on any atom is 0.124 e. The number of halogens is 1. The van der Waals surface area contributed by atoms with Crippen LogP contribution in [0, 0.1) is 0 Å². The third-order valence-electron chi connectivity index (χ3n) is 7.70. The van der Waals surface area contributed by atoms with Crippen LogP contribution in [0.4, 0.5) is 4.39 Å². The second kappa shape index (κ2) is 11.2. The number of allylic oxidation sites excluding steroid dienone is 7. The monoisotopic (exact) mass is 485 g/mol. The normalized spacial score (nSPS) is 21.6. The molecule has 1 aromatic carbocycles. The molecule has 0 saturated carbocycles. The molecule has 36 heavy (non-hydrogen) atoms. The number of nitrogens with zero attached hydrogens (tertiary/aromatic N) is 5. The zero-order chi connectivity index (χ0) is 24.9. The van der Waals surface area contributed by atoms with E-state index in [9.17, 15) is 4.39 Å². The van der Waals surface area contributed by atoms with Crippen molar-refractivity contribution in [2.24, 2.45) is 4.99 Å². The minimum Gasteiger partial charge on any atom is -0.354 e. The van der Waals surface area contributed by atoms with E-state index in [0.717, 1.165) is 63.5 Å². The molecule has 1 atom stereocenters. The van der Waals surface area contributed by atoms with Gasteiger partial charge in [0.1, 0.15) is 11.6 Å². The number of aliphatic imine (C=N–C) groups is 1. The molecule has 0 N–H and O–H groups in total. The molecule has 0 radical (unpaired) electrons. The molecule has 1 unspecified atom stereocenters. The van der Waals surface area contributed by atoms with E-state index < -0.39 is 0 Å². The van der Waals surface area contributed by atoms with Gasteiger partial charge < -0.3 is 9.47 Å². The molecule has 2 aromatic rings. The molecule has 0 amide bonds. The van der Waals surface area contributed by atoms with Gasteiger partial charge in [0.05, 0.1) is 6.33 Å². The summed E-state index contributed by atoms with van der Waals surface area (Å²) in [5.74, 6) is 1.09. The quantitative estimate of drug-likeness (QED) is 0.454. The second-order valence-corrected chi connectivity index (χ2v) is 9.83. The van der Waals surface area contributed by atoms with Crippen molar-refractivity contribution >= 4 is 11.8 Å². The third kappa shape index (κ3) is 5.29. The first kappa shape index (κ1) is 24.4. The lowest BCUT2D eigenvalue weighted by atomic mass is 9.75. The fourth-order valence-corrected chi connectivity index (χ4v) is 5.54. The Labute approximate surface area is 214 Å². The number of benzene rings is 1. The Morgan fingerprint density at radius 2 is 2.00 bits per heavy atom. The van der Waals surface area contributed by atoms with Crippen LogP contribution in [0.15, 0.2) is 89.0 Å². The van der Waals surface area contributed by atoms with Crippen molar-refractivity contribution in [3.8, 4) is 0 Å². The first-order valence-corrected chi connectivity index (χ1v) is 13.1. The molecule has 188 valence electrons. The van der Waals surface area contributed by atoms with E-state index in [1.165, 1.54) is 22.3 Å². The first-order chi connectivity index (χ1) is 17.6. The van der Waals surface area contributed by atoms with E-state index in [2.05, 4.69) is 69.6 Å². The molecule has 5 rings (SSSR count). The lowest BCUT2D eigenvalue weighted by Crippen LogP contribution is -2.46. The van der Waals surface area contributed by atoms with Gasteiger partial charge in [0.25, 0.3) is 0 Å². The van der Waals surface area contributed by atoms with Crippen LogP contribution in [-0.2, 0) is 6.54 Å². The zero-order valence-corrected chi connectivity index (χ0v) is 21.4. The Morgan fingerprint density at radius 1 is 1.17 bits per heavy atom. The minimum absolute atomic E-state index is 0.0354. The maximum absolute atomic E-state index is 14.9. The number of aromatic nitrogens is 2. The predicted octanol–water partition coefficient (Wildman–Crippen LogP) is 5.97. The van der Waals surface area contributed by atoms with Crippen molar-refractivity contribution in [1.82, 2.24) is 19.4 Å². The van der Waals surface area contributed by atoms with Gasteiger partial charge in [-0.1, -0.05) is 36.4 Å². The predicted molar refractivity (Wildman–Crippen MR) is 145 cm³/mol. The number of imidazole rings is 1. The van der Waals surface area contributed by atoms with E-state index in [0.29, 0.717) is 6.42 Å². The summed E-state index contributed by atoms with van der Waals surface area (Å²) < 4.78 is 17.0. The van der Waals surface area contributed by atoms with Gasteiger partial charge in [0.15, 0.2) is 0 Å². The molecule has 5 nitrogen and oxygen atoms in total. The zero-order valence-electron chi connectivity index (χ0n) is 21.4. The summed E-state index contributed by atoms with van der Waals surface area (Å²) in [5.41, 5.74) is 5.71. The molecular weight excluding hydrogens is 449 g/mol. The van der Waals surface area contributed by atoms with Crippen LogP contribution in [-0.4, -0.2) is 58.3 Å². The highest BCUT2D eigenvalue weighted by atomic mass is 19.1. The highest BCUT2D eigenvalue weighted by Gasteiger charge is 2.28. The van der Waals surface area contributed by atoms with E-state index in [-0.39, 0.29) is 11.7 Å². The van der Waals surface area contributed by atoms with Gasteiger partial charge in [-0.15, -0.1) is 0 Å². The molecule has 0 spiro atoms.